The highest BCUT2D eigenvalue weighted by Crippen LogP contribution is 2.24. The topological polar surface area (TPSA) is 149 Å². The van der Waals surface area contributed by atoms with Crippen LogP contribution in [-0.2, 0) is 17.6 Å². The van der Waals surface area contributed by atoms with E-state index in [1.807, 2.05) is 25.8 Å². The molecular weight excluding hydrogens is 362 g/mol. The van der Waals surface area contributed by atoms with Gasteiger partial charge in [0.1, 0.15) is 0 Å². The van der Waals surface area contributed by atoms with Gasteiger partial charge in [-0.2, -0.15) is 0 Å². The van der Waals surface area contributed by atoms with Gasteiger partial charge in [-0.05, 0) is 25.5 Å². The van der Waals surface area contributed by atoms with Crippen molar-refractivity contribution in [3.63, 3.8) is 0 Å². The molecule has 0 aliphatic rings. The van der Waals surface area contributed by atoms with Crippen molar-refractivity contribution in [3.8, 4) is 0 Å². The predicted octanol–water partition coefficient (Wildman–Crippen LogP) is 1.37. The van der Waals surface area contributed by atoms with Crippen LogP contribution in [0.3, 0.4) is 0 Å². The van der Waals surface area contributed by atoms with Crippen LogP contribution in [0.25, 0.3) is 0 Å². The minimum atomic E-state index is -0.834. The monoisotopic (exact) mass is 387 g/mol. The number of nitrogens with two attached hydrogens (primary N) is 2. The highest BCUT2D eigenvalue weighted by Gasteiger charge is 2.19. The Hall–Kier alpha value is -3.43. The van der Waals surface area contributed by atoms with Crippen molar-refractivity contribution in [1.82, 2.24) is 15.0 Å². The molecule has 10 nitrogen and oxygen atoms in total. The maximum Gasteiger partial charge on any atom is 0.404 e. The van der Waals surface area contributed by atoms with E-state index in [0.717, 1.165) is 6.54 Å². The van der Waals surface area contributed by atoms with E-state index in [1.54, 1.807) is 18.3 Å². The van der Waals surface area contributed by atoms with Gasteiger partial charge in [0.2, 0.25) is 0 Å². The largest absolute Gasteiger partial charge is 0.449 e. The fraction of sp³-hybridized carbons (Fsp3) is 0.389. The van der Waals surface area contributed by atoms with Crippen LogP contribution >= 0.6 is 0 Å². The van der Waals surface area contributed by atoms with Crippen molar-refractivity contribution in [3.05, 3.63) is 35.4 Å². The summed E-state index contributed by atoms with van der Waals surface area (Å²) in [5.74, 6) is 0.284. The van der Waals surface area contributed by atoms with Crippen LogP contribution in [0.5, 0.6) is 0 Å². The van der Waals surface area contributed by atoms with Crippen molar-refractivity contribution >= 4 is 29.3 Å². The average Bonchev–Trinajstić information content (AvgIpc) is 2.66. The van der Waals surface area contributed by atoms with Crippen molar-refractivity contribution in [1.29, 1.82) is 0 Å². The normalized spacial score (nSPS) is 10.4. The van der Waals surface area contributed by atoms with Gasteiger partial charge in [0, 0.05) is 37.6 Å². The summed E-state index contributed by atoms with van der Waals surface area (Å²) in [7, 11) is 1.90. The van der Waals surface area contributed by atoms with Crippen molar-refractivity contribution < 1.29 is 14.3 Å². The number of ether oxygens (including phenoxy) is 1. The van der Waals surface area contributed by atoms with E-state index in [2.05, 4.69) is 20.3 Å². The third-order valence-electron chi connectivity index (χ3n) is 4.03. The SMILES string of the molecule is CCc1nc(C(N)=O)c(Nc2ccnc(CCOC(N)=O)c2)nc1N(C)CC. The van der Waals surface area contributed by atoms with E-state index >= 15 is 0 Å². The van der Waals surface area contributed by atoms with Gasteiger partial charge in [-0.1, -0.05) is 6.92 Å². The lowest BCUT2D eigenvalue weighted by Gasteiger charge is -2.20. The molecule has 2 rings (SSSR count). The van der Waals surface area contributed by atoms with Gasteiger partial charge >= 0.3 is 6.09 Å². The van der Waals surface area contributed by atoms with Crippen molar-refractivity contribution in [2.45, 2.75) is 26.7 Å². The number of anilines is 3. The smallest absolute Gasteiger partial charge is 0.404 e. The second-order valence-electron chi connectivity index (χ2n) is 6.00. The molecule has 2 aromatic rings. The van der Waals surface area contributed by atoms with Crippen LogP contribution in [0.4, 0.5) is 22.1 Å². The fourth-order valence-corrected chi connectivity index (χ4v) is 2.50. The van der Waals surface area contributed by atoms with Gasteiger partial charge in [0.25, 0.3) is 5.91 Å². The Morgan fingerprint density at radius 2 is 2.00 bits per heavy atom. The van der Waals surface area contributed by atoms with Crippen LogP contribution in [0.1, 0.15) is 35.7 Å². The number of nitrogens with one attached hydrogen (secondary N) is 1. The standard InChI is InChI=1S/C18H25N7O3/c1-4-13-17(25(3)5-2)24-16(14(23-13)15(19)26)22-12-6-8-21-11(10-12)7-9-28-18(20)27/h6,8,10H,4-5,7,9H2,1-3H3,(H2,19,26)(H2,20,27)(H,21,22,24). The van der Waals surface area contributed by atoms with E-state index in [0.29, 0.717) is 35.7 Å². The molecule has 0 radical (unpaired) electrons. The molecule has 0 unspecified atom stereocenters. The third kappa shape index (κ3) is 5.29. The van der Waals surface area contributed by atoms with Gasteiger partial charge in [-0.3, -0.25) is 9.78 Å². The van der Waals surface area contributed by atoms with Crippen molar-refractivity contribution in [2.24, 2.45) is 11.5 Å². The van der Waals surface area contributed by atoms with Crippen LogP contribution < -0.4 is 21.7 Å². The first kappa shape index (κ1) is 20.9. The summed E-state index contributed by atoms with van der Waals surface area (Å²) in [5.41, 5.74) is 12.5. The molecule has 0 saturated carbocycles. The highest BCUT2D eigenvalue weighted by molar-refractivity contribution is 5.96. The molecular formula is C18H25N7O3. The average molecular weight is 387 g/mol. The molecule has 0 aliphatic carbocycles. The van der Waals surface area contributed by atoms with E-state index in [4.69, 9.17) is 16.2 Å². The number of aryl methyl sites for hydroxylation is 1. The number of hydrogen-bond donors (Lipinski definition) is 3. The zero-order valence-electron chi connectivity index (χ0n) is 16.2. The van der Waals surface area contributed by atoms with Gasteiger partial charge in [-0.15, -0.1) is 0 Å². The summed E-state index contributed by atoms with van der Waals surface area (Å²) in [5, 5.41) is 3.09. The van der Waals surface area contributed by atoms with E-state index < -0.39 is 12.0 Å². The minimum Gasteiger partial charge on any atom is -0.449 e. The van der Waals surface area contributed by atoms with Crippen LogP contribution in [-0.4, -0.2) is 47.2 Å². The number of amides is 2. The molecule has 2 amide bonds. The van der Waals surface area contributed by atoms with E-state index in [-0.39, 0.29) is 18.1 Å². The number of carbonyl (C=O) groups excluding carboxylic acids is 2. The van der Waals surface area contributed by atoms with Gasteiger partial charge in [-0.25, -0.2) is 14.8 Å². The zero-order valence-corrected chi connectivity index (χ0v) is 16.2. The van der Waals surface area contributed by atoms with Crippen LogP contribution in [0, 0.1) is 0 Å². The molecule has 10 heteroatoms. The molecule has 2 aromatic heterocycles. The first-order valence-electron chi connectivity index (χ1n) is 8.91. The van der Waals surface area contributed by atoms with Gasteiger partial charge in [0.05, 0.1) is 12.3 Å². The third-order valence-corrected chi connectivity index (χ3v) is 4.03. The Kier molecular flexibility index (Phi) is 7.08. The summed E-state index contributed by atoms with van der Waals surface area (Å²) >= 11 is 0. The molecule has 2 heterocycles. The zero-order chi connectivity index (χ0) is 20.7. The maximum atomic E-state index is 11.9. The summed E-state index contributed by atoms with van der Waals surface area (Å²) in [6.45, 7) is 4.79. The number of hydrogen-bond acceptors (Lipinski definition) is 8. The van der Waals surface area contributed by atoms with Gasteiger partial charge in [0.15, 0.2) is 17.3 Å². The second-order valence-corrected chi connectivity index (χ2v) is 6.00. The summed E-state index contributed by atoms with van der Waals surface area (Å²) in [4.78, 5) is 37.7. The molecule has 0 spiro atoms. The number of pyridine rings is 1. The summed E-state index contributed by atoms with van der Waals surface area (Å²) < 4.78 is 4.72. The Morgan fingerprint density at radius 3 is 2.61 bits per heavy atom. The Labute approximate surface area is 163 Å². The summed E-state index contributed by atoms with van der Waals surface area (Å²) in [6.07, 6.45) is 1.77. The van der Waals surface area contributed by atoms with Crippen molar-refractivity contribution in [2.75, 3.05) is 30.4 Å². The molecule has 28 heavy (non-hydrogen) atoms. The first-order chi connectivity index (χ1) is 13.3. The lowest BCUT2D eigenvalue weighted by molar-refractivity contribution is 0.0996. The Bertz CT molecular complexity index is 857. The van der Waals surface area contributed by atoms with E-state index in [1.165, 1.54) is 0 Å². The number of rotatable bonds is 9. The quantitative estimate of drug-likeness (QED) is 0.584. The molecule has 0 fully saturated rings. The number of aromatic nitrogens is 3. The molecule has 0 aliphatic heterocycles. The molecule has 5 N–H and O–H groups in total. The first-order valence-corrected chi connectivity index (χ1v) is 8.91. The lowest BCUT2D eigenvalue weighted by atomic mass is 10.2. The molecule has 0 bridgehead atoms. The second kappa shape index (κ2) is 9.49. The Morgan fingerprint density at radius 1 is 1.25 bits per heavy atom. The van der Waals surface area contributed by atoms with Gasteiger partial charge < -0.3 is 26.4 Å². The minimum absolute atomic E-state index is 0.0699. The van der Waals surface area contributed by atoms with E-state index in [9.17, 15) is 9.59 Å². The fourth-order valence-electron chi connectivity index (χ4n) is 2.50. The lowest BCUT2D eigenvalue weighted by Crippen LogP contribution is -2.24. The number of primary amides is 2. The molecule has 0 aromatic carbocycles. The van der Waals surface area contributed by atoms with Crippen LogP contribution in [0.2, 0.25) is 0 Å². The molecule has 150 valence electrons. The predicted molar refractivity (Wildman–Crippen MR) is 106 cm³/mol. The maximum absolute atomic E-state index is 11.9. The molecule has 0 saturated heterocycles. The molecule has 0 atom stereocenters. The van der Waals surface area contributed by atoms with Crippen LogP contribution in [0.15, 0.2) is 18.3 Å². The number of nitrogens with zero attached hydrogens (tertiary/aromatic N) is 4. The summed E-state index contributed by atoms with van der Waals surface area (Å²) in [6, 6.07) is 3.48. The Balaban J connectivity index is 2.34. The number of carbonyl (C=O) groups is 2. The highest BCUT2D eigenvalue weighted by atomic mass is 16.5.